The van der Waals surface area contributed by atoms with E-state index in [1.807, 2.05) is 42.5 Å². The summed E-state index contributed by atoms with van der Waals surface area (Å²) in [6.07, 6.45) is 2.85. The fraction of sp³-hybridized carbons (Fsp3) is 0.391. The van der Waals surface area contributed by atoms with Crippen LogP contribution in [0.1, 0.15) is 25.3 Å². The van der Waals surface area contributed by atoms with Gasteiger partial charge in [0.05, 0.1) is 12.8 Å². The number of methoxy groups -OCH3 is 1. The minimum absolute atomic E-state index is 0.0157. The van der Waals surface area contributed by atoms with Gasteiger partial charge in [-0.25, -0.2) is 9.89 Å². The predicted octanol–water partition coefficient (Wildman–Crippen LogP) is 3.74. The summed E-state index contributed by atoms with van der Waals surface area (Å²) in [5.41, 5.74) is 1.89. The van der Waals surface area contributed by atoms with Gasteiger partial charge in [0.2, 0.25) is 5.96 Å². The Morgan fingerprint density at radius 3 is 2.43 bits per heavy atom. The van der Waals surface area contributed by atoms with Gasteiger partial charge in [0.15, 0.2) is 0 Å². The summed E-state index contributed by atoms with van der Waals surface area (Å²) >= 11 is 0. The van der Waals surface area contributed by atoms with Crippen LogP contribution in [0.3, 0.4) is 0 Å². The van der Waals surface area contributed by atoms with Gasteiger partial charge in [-0.05, 0) is 36.5 Å². The smallest absolute Gasteiger partial charge is 0.259 e. The highest BCUT2D eigenvalue weighted by Crippen LogP contribution is 2.33. The second-order valence-electron chi connectivity index (χ2n) is 7.65. The maximum Gasteiger partial charge on any atom is 0.259 e. The fourth-order valence-corrected chi connectivity index (χ4v) is 3.94. The highest BCUT2D eigenvalue weighted by molar-refractivity contribution is 6.22. The quantitative estimate of drug-likeness (QED) is 0.815. The number of carbonyl (C=O) groups is 1. The van der Waals surface area contributed by atoms with Crippen LogP contribution in [-0.2, 0) is 11.2 Å². The van der Waals surface area contributed by atoms with Crippen LogP contribution in [0.5, 0.6) is 5.75 Å². The van der Waals surface area contributed by atoms with Gasteiger partial charge in [0, 0.05) is 19.5 Å². The van der Waals surface area contributed by atoms with Crippen LogP contribution in [0.4, 0.5) is 5.69 Å². The molecule has 2 aliphatic rings. The molecule has 0 saturated carbocycles. The molecule has 28 heavy (non-hydrogen) atoms. The summed E-state index contributed by atoms with van der Waals surface area (Å²) in [5, 5.41) is 0. The molecule has 2 aliphatic heterocycles. The number of likely N-dealkylation sites (tertiary alicyclic amines) is 1. The molecule has 4 rings (SSSR count). The molecule has 1 atom stereocenters. The molecule has 2 aromatic carbocycles. The van der Waals surface area contributed by atoms with Crippen LogP contribution in [0, 0.1) is 5.92 Å². The number of para-hydroxylation sites is 2. The average molecular weight is 377 g/mol. The molecule has 5 heteroatoms. The first kappa shape index (κ1) is 18.5. The minimum Gasteiger partial charge on any atom is -0.495 e. The second-order valence-corrected chi connectivity index (χ2v) is 7.65. The third-order valence-corrected chi connectivity index (χ3v) is 5.64. The van der Waals surface area contributed by atoms with E-state index in [1.54, 1.807) is 12.0 Å². The largest absolute Gasteiger partial charge is 0.495 e. The molecule has 146 valence electrons. The van der Waals surface area contributed by atoms with E-state index in [9.17, 15) is 4.79 Å². The number of aliphatic imine (C=N–C) groups is 1. The van der Waals surface area contributed by atoms with Crippen LogP contribution < -0.4 is 9.64 Å². The number of carbonyl (C=O) groups excluding carboxylic acids is 1. The fourth-order valence-electron chi connectivity index (χ4n) is 3.94. The summed E-state index contributed by atoms with van der Waals surface area (Å²) in [4.78, 5) is 22.4. The normalized spacial score (nSPS) is 20.4. The first-order valence-corrected chi connectivity index (χ1v) is 10.0. The van der Waals surface area contributed by atoms with Crippen molar-refractivity contribution in [2.24, 2.45) is 10.9 Å². The lowest BCUT2D eigenvalue weighted by atomic mass is 9.99. The molecule has 2 aromatic rings. The molecule has 0 bridgehead atoms. The number of hydrogen-bond acceptors (Lipinski definition) is 4. The number of guanidine groups is 1. The van der Waals surface area contributed by atoms with Crippen molar-refractivity contribution >= 4 is 17.6 Å². The Morgan fingerprint density at radius 1 is 1.04 bits per heavy atom. The topological polar surface area (TPSA) is 45.1 Å². The molecular formula is C23H27N3O2. The number of nitrogens with zero attached hydrogens (tertiary/aromatic N) is 3. The van der Waals surface area contributed by atoms with E-state index in [-0.39, 0.29) is 5.91 Å². The standard InChI is InChI=1S/C23H27N3O2/c1-17-12-14-25(15-13-17)23-24-19(16-18-8-4-3-5-9-18)22(27)26(23)20-10-6-7-11-21(20)28-2/h3-11,17,19H,12-16H2,1-2H3. The SMILES string of the molecule is COc1ccccc1N1C(=O)C(Cc2ccccc2)N=C1N1CCC(C)CC1. The summed E-state index contributed by atoms with van der Waals surface area (Å²) in [6, 6.07) is 17.4. The number of piperidine rings is 1. The maximum atomic E-state index is 13.4. The number of amides is 1. The van der Waals surface area contributed by atoms with Gasteiger partial charge < -0.3 is 9.64 Å². The van der Waals surface area contributed by atoms with E-state index in [4.69, 9.17) is 9.73 Å². The van der Waals surface area contributed by atoms with E-state index >= 15 is 0 Å². The van der Waals surface area contributed by atoms with Crippen LogP contribution in [0.25, 0.3) is 0 Å². The molecule has 5 nitrogen and oxygen atoms in total. The lowest BCUT2D eigenvalue weighted by molar-refractivity contribution is -0.118. The van der Waals surface area contributed by atoms with E-state index in [2.05, 4.69) is 24.0 Å². The van der Waals surface area contributed by atoms with Crippen LogP contribution in [0.15, 0.2) is 59.6 Å². The highest BCUT2D eigenvalue weighted by Gasteiger charge is 2.40. The van der Waals surface area contributed by atoms with E-state index in [1.165, 1.54) is 0 Å². The van der Waals surface area contributed by atoms with Gasteiger partial charge in [0.25, 0.3) is 5.91 Å². The van der Waals surface area contributed by atoms with Gasteiger partial charge in [-0.1, -0.05) is 49.4 Å². The van der Waals surface area contributed by atoms with Crippen molar-refractivity contribution in [3.05, 3.63) is 60.2 Å². The number of anilines is 1. The molecule has 1 fully saturated rings. The van der Waals surface area contributed by atoms with Crippen LogP contribution >= 0.6 is 0 Å². The van der Waals surface area contributed by atoms with Crippen LogP contribution in [-0.4, -0.2) is 43.0 Å². The summed E-state index contributed by atoms with van der Waals surface area (Å²) in [7, 11) is 1.64. The molecule has 0 radical (unpaired) electrons. The Hall–Kier alpha value is -2.82. The Morgan fingerprint density at radius 2 is 1.71 bits per heavy atom. The molecule has 0 N–H and O–H groups in total. The molecule has 1 unspecified atom stereocenters. The Labute approximate surface area is 166 Å². The molecule has 1 amide bonds. The third kappa shape index (κ3) is 3.61. The van der Waals surface area contributed by atoms with E-state index < -0.39 is 6.04 Å². The Kier molecular flexibility index (Phi) is 5.33. The lowest BCUT2D eigenvalue weighted by Crippen LogP contribution is -2.47. The third-order valence-electron chi connectivity index (χ3n) is 5.64. The second kappa shape index (κ2) is 8.05. The molecule has 0 spiro atoms. The minimum atomic E-state index is -0.401. The summed E-state index contributed by atoms with van der Waals surface area (Å²) in [5.74, 6) is 2.19. The molecule has 2 heterocycles. The number of benzene rings is 2. The highest BCUT2D eigenvalue weighted by atomic mass is 16.5. The predicted molar refractivity (Wildman–Crippen MR) is 112 cm³/mol. The van der Waals surface area contributed by atoms with Crippen molar-refractivity contribution in [2.45, 2.75) is 32.2 Å². The monoisotopic (exact) mass is 377 g/mol. The van der Waals surface area contributed by atoms with Crippen molar-refractivity contribution in [1.82, 2.24) is 4.90 Å². The molecule has 0 aromatic heterocycles. The van der Waals surface area contributed by atoms with Gasteiger partial charge in [-0.15, -0.1) is 0 Å². The van der Waals surface area contributed by atoms with E-state index in [0.29, 0.717) is 18.1 Å². The van der Waals surface area contributed by atoms with Gasteiger partial charge in [0.1, 0.15) is 11.8 Å². The molecule has 1 saturated heterocycles. The first-order chi connectivity index (χ1) is 13.7. The lowest BCUT2D eigenvalue weighted by Gasteiger charge is -2.35. The van der Waals surface area contributed by atoms with Gasteiger partial charge in [-0.3, -0.25) is 4.79 Å². The Bertz CT molecular complexity index is 857. The zero-order chi connectivity index (χ0) is 19.5. The van der Waals surface area contributed by atoms with Crippen LogP contribution in [0.2, 0.25) is 0 Å². The number of hydrogen-bond donors (Lipinski definition) is 0. The van der Waals surface area contributed by atoms with Crippen molar-refractivity contribution in [3.63, 3.8) is 0 Å². The summed E-state index contributed by atoms with van der Waals surface area (Å²) in [6.45, 7) is 4.14. The Balaban J connectivity index is 1.68. The van der Waals surface area contributed by atoms with Crippen molar-refractivity contribution in [1.29, 1.82) is 0 Å². The van der Waals surface area contributed by atoms with Gasteiger partial charge in [-0.2, -0.15) is 0 Å². The van der Waals surface area contributed by atoms with E-state index in [0.717, 1.165) is 43.1 Å². The molecular weight excluding hydrogens is 350 g/mol. The summed E-state index contributed by atoms with van der Waals surface area (Å²) < 4.78 is 5.54. The average Bonchev–Trinajstić information content (AvgIpc) is 3.05. The maximum absolute atomic E-state index is 13.4. The van der Waals surface area contributed by atoms with Crippen molar-refractivity contribution in [2.75, 3.05) is 25.1 Å². The first-order valence-electron chi connectivity index (χ1n) is 10.0. The zero-order valence-electron chi connectivity index (χ0n) is 16.5. The van der Waals surface area contributed by atoms with Crippen molar-refractivity contribution in [3.8, 4) is 5.75 Å². The number of ether oxygens (including phenoxy) is 1. The zero-order valence-corrected chi connectivity index (χ0v) is 16.5. The number of rotatable bonds is 4. The van der Waals surface area contributed by atoms with Gasteiger partial charge >= 0.3 is 0 Å². The molecule has 0 aliphatic carbocycles. The van der Waals surface area contributed by atoms with Crippen molar-refractivity contribution < 1.29 is 9.53 Å².